The van der Waals surface area contributed by atoms with Crippen LogP contribution in [0.15, 0.2) is 77.7 Å². The van der Waals surface area contributed by atoms with E-state index in [1.165, 1.54) is 17.7 Å². The number of hydrogen-bond donors (Lipinski definition) is 1. The fourth-order valence-corrected chi connectivity index (χ4v) is 5.18. The van der Waals surface area contributed by atoms with Crippen molar-refractivity contribution in [3.63, 3.8) is 0 Å². The minimum atomic E-state index is -3.77. The Bertz CT molecular complexity index is 1260. The van der Waals surface area contributed by atoms with Gasteiger partial charge in [0.2, 0.25) is 0 Å². The van der Waals surface area contributed by atoms with Crippen molar-refractivity contribution in [2.24, 2.45) is 0 Å². The van der Waals surface area contributed by atoms with E-state index in [0.717, 1.165) is 19.6 Å². The summed E-state index contributed by atoms with van der Waals surface area (Å²) in [5, 5.41) is 0.522. The quantitative estimate of drug-likeness (QED) is 0.489. The van der Waals surface area contributed by atoms with Gasteiger partial charge < -0.3 is 9.64 Å². The lowest BCUT2D eigenvalue weighted by Gasteiger charge is -2.34. The second kappa shape index (κ2) is 11.1. The number of benzene rings is 3. The minimum Gasteiger partial charge on any atom is -0.483 e. The summed E-state index contributed by atoms with van der Waals surface area (Å²) in [5.41, 5.74) is 2.31. The van der Waals surface area contributed by atoms with Crippen LogP contribution in [-0.2, 0) is 21.4 Å². The summed E-state index contributed by atoms with van der Waals surface area (Å²) in [4.78, 5) is 16.9. The first-order chi connectivity index (χ1) is 16.8. The molecule has 1 aliphatic heterocycles. The Morgan fingerprint density at radius 2 is 1.66 bits per heavy atom. The number of anilines is 1. The first-order valence-corrected chi connectivity index (χ1v) is 13.2. The molecule has 3 aromatic rings. The second-order valence-electron chi connectivity index (χ2n) is 8.47. The molecule has 1 heterocycles. The fraction of sp³-hybridized carbons (Fsp3) is 0.269. The first kappa shape index (κ1) is 25.0. The lowest BCUT2D eigenvalue weighted by molar-refractivity contribution is -0.135. The van der Waals surface area contributed by atoms with Crippen LogP contribution in [0.1, 0.15) is 11.1 Å². The lowest BCUT2D eigenvalue weighted by atomic mass is 10.2. The van der Waals surface area contributed by atoms with Gasteiger partial charge in [-0.3, -0.25) is 14.4 Å². The van der Waals surface area contributed by atoms with E-state index in [-0.39, 0.29) is 17.4 Å². The predicted molar refractivity (Wildman–Crippen MR) is 137 cm³/mol. The molecule has 184 valence electrons. The number of piperazine rings is 1. The molecule has 1 N–H and O–H groups in total. The molecule has 1 fully saturated rings. The minimum absolute atomic E-state index is 0.0788. The van der Waals surface area contributed by atoms with E-state index < -0.39 is 10.0 Å². The highest BCUT2D eigenvalue weighted by molar-refractivity contribution is 7.92. The largest absolute Gasteiger partial charge is 0.483 e. The van der Waals surface area contributed by atoms with Crippen molar-refractivity contribution in [2.75, 3.05) is 37.5 Å². The van der Waals surface area contributed by atoms with Gasteiger partial charge in [-0.15, -0.1) is 0 Å². The molecule has 0 aromatic heterocycles. The molecule has 0 spiro atoms. The number of aryl methyl sites for hydroxylation is 1. The molecule has 35 heavy (non-hydrogen) atoms. The van der Waals surface area contributed by atoms with E-state index in [0.29, 0.717) is 35.1 Å². The van der Waals surface area contributed by atoms with Crippen LogP contribution in [0.2, 0.25) is 5.02 Å². The maximum absolute atomic E-state index is 12.7. The number of sulfonamides is 1. The van der Waals surface area contributed by atoms with Gasteiger partial charge in [0, 0.05) is 43.4 Å². The second-order valence-corrected chi connectivity index (χ2v) is 10.6. The average Bonchev–Trinajstić information content (AvgIpc) is 2.85. The molecule has 0 bridgehead atoms. The average molecular weight is 514 g/mol. The van der Waals surface area contributed by atoms with Crippen molar-refractivity contribution in [1.29, 1.82) is 0 Å². The van der Waals surface area contributed by atoms with Gasteiger partial charge in [-0.1, -0.05) is 41.9 Å². The summed E-state index contributed by atoms with van der Waals surface area (Å²) in [6.07, 6.45) is 0. The van der Waals surface area contributed by atoms with Crippen molar-refractivity contribution >= 4 is 33.2 Å². The van der Waals surface area contributed by atoms with Gasteiger partial charge in [0.25, 0.3) is 15.9 Å². The molecule has 0 saturated carbocycles. The molecule has 0 radical (unpaired) electrons. The Labute approximate surface area is 211 Å². The number of halogens is 1. The van der Waals surface area contributed by atoms with Crippen molar-refractivity contribution in [2.45, 2.75) is 18.4 Å². The Kier molecular flexibility index (Phi) is 7.95. The fourth-order valence-electron chi connectivity index (χ4n) is 3.91. The van der Waals surface area contributed by atoms with E-state index in [9.17, 15) is 13.2 Å². The molecule has 0 aliphatic carbocycles. The van der Waals surface area contributed by atoms with Crippen LogP contribution in [0.5, 0.6) is 5.75 Å². The zero-order valence-electron chi connectivity index (χ0n) is 19.5. The number of amides is 1. The van der Waals surface area contributed by atoms with Gasteiger partial charge in [-0.05, 0) is 60.5 Å². The number of nitrogens with zero attached hydrogens (tertiary/aromatic N) is 2. The normalized spacial score (nSPS) is 14.5. The van der Waals surface area contributed by atoms with E-state index in [1.54, 1.807) is 37.3 Å². The Morgan fingerprint density at radius 3 is 2.31 bits per heavy atom. The highest BCUT2D eigenvalue weighted by Gasteiger charge is 2.22. The molecule has 3 aromatic carbocycles. The Morgan fingerprint density at radius 1 is 0.971 bits per heavy atom. The van der Waals surface area contributed by atoms with Crippen LogP contribution < -0.4 is 9.46 Å². The monoisotopic (exact) mass is 513 g/mol. The van der Waals surface area contributed by atoms with Gasteiger partial charge >= 0.3 is 0 Å². The third-order valence-corrected chi connectivity index (χ3v) is 7.51. The lowest BCUT2D eigenvalue weighted by Crippen LogP contribution is -2.49. The summed E-state index contributed by atoms with van der Waals surface area (Å²) < 4.78 is 33.7. The van der Waals surface area contributed by atoms with Crippen LogP contribution >= 0.6 is 11.6 Å². The molecule has 0 atom stereocenters. The summed E-state index contributed by atoms with van der Waals surface area (Å²) in [7, 11) is -3.77. The number of nitrogens with one attached hydrogen (secondary N) is 1. The van der Waals surface area contributed by atoms with Crippen LogP contribution in [-0.4, -0.2) is 56.9 Å². The number of rotatable bonds is 8. The van der Waals surface area contributed by atoms with Gasteiger partial charge in [0.05, 0.1) is 4.90 Å². The van der Waals surface area contributed by atoms with Gasteiger partial charge in [-0.25, -0.2) is 8.42 Å². The highest BCUT2D eigenvalue weighted by atomic mass is 35.5. The molecule has 1 amide bonds. The molecule has 4 rings (SSSR count). The standard InChI is InChI=1S/C26H28ClN3O4S/c1-20-17-24(35(32,33)28-23-9-7-22(27)8-10-23)11-12-25(20)34-19-26(31)30-15-13-29(14-16-30)18-21-5-3-2-4-6-21/h2-12,17,28H,13-16,18-19H2,1H3. The van der Waals surface area contributed by atoms with E-state index in [2.05, 4.69) is 21.8 Å². The van der Waals surface area contributed by atoms with Crippen molar-refractivity contribution < 1.29 is 17.9 Å². The summed E-state index contributed by atoms with van der Waals surface area (Å²) in [6.45, 7) is 5.47. The highest BCUT2D eigenvalue weighted by Crippen LogP contribution is 2.24. The zero-order chi connectivity index (χ0) is 24.8. The molecule has 1 aliphatic rings. The number of carbonyl (C=O) groups is 1. The Hall–Kier alpha value is -3.07. The van der Waals surface area contributed by atoms with Gasteiger partial charge in [-0.2, -0.15) is 0 Å². The maximum Gasteiger partial charge on any atom is 0.261 e. The van der Waals surface area contributed by atoms with E-state index in [4.69, 9.17) is 16.3 Å². The summed E-state index contributed by atoms with van der Waals surface area (Å²) >= 11 is 5.86. The SMILES string of the molecule is Cc1cc(S(=O)(=O)Nc2ccc(Cl)cc2)ccc1OCC(=O)N1CCN(Cc2ccccc2)CC1. The molecular weight excluding hydrogens is 486 g/mol. The van der Waals surface area contributed by atoms with Crippen molar-refractivity contribution in [1.82, 2.24) is 9.80 Å². The van der Waals surface area contributed by atoms with Crippen LogP contribution in [0.25, 0.3) is 0 Å². The van der Waals surface area contributed by atoms with Gasteiger partial charge in [0.1, 0.15) is 5.75 Å². The molecule has 7 nitrogen and oxygen atoms in total. The third kappa shape index (κ3) is 6.75. The van der Waals surface area contributed by atoms with Crippen LogP contribution in [0, 0.1) is 6.92 Å². The maximum atomic E-state index is 12.7. The number of carbonyl (C=O) groups excluding carboxylic acids is 1. The number of hydrogen-bond acceptors (Lipinski definition) is 5. The van der Waals surface area contributed by atoms with Crippen LogP contribution in [0.3, 0.4) is 0 Å². The summed E-state index contributed by atoms with van der Waals surface area (Å²) in [5.74, 6) is 0.399. The number of ether oxygens (including phenoxy) is 1. The molecule has 0 unspecified atom stereocenters. The third-order valence-electron chi connectivity index (χ3n) is 5.88. The predicted octanol–water partition coefficient (Wildman–Crippen LogP) is 4.17. The van der Waals surface area contributed by atoms with E-state index >= 15 is 0 Å². The van der Waals surface area contributed by atoms with Crippen molar-refractivity contribution in [3.05, 3.63) is 88.9 Å². The van der Waals surface area contributed by atoms with Crippen molar-refractivity contribution in [3.8, 4) is 5.75 Å². The zero-order valence-corrected chi connectivity index (χ0v) is 21.1. The van der Waals surface area contributed by atoms with Crippen LogP contribution in [0.4, 0.5) is 5.69 Å². The smallest absolute Gasteiger partial charge is 0.261 e. The first-order valence-electron chi connectivity index (χ1n) is 11.4. The van der Waals surface area contributed by atoms with Gasteiger partial charge in [0.15, 0.2) is 6.61 Å². The topological polar surface area (TPSA) is 78.9 Å². The summed E-state index contributed by atoms with van der Waals surface area (Å²) in [6, 6.07) is 21.3. The molecular formula is C26H28ClN3O4S. The Balaban J connectivity index is 1.29. The molecule has 9 heteroatoms. The molecule has 1 saturated heterocycles. The van der Waals surface area contributed by atoms with E-state index in [1.807, 2.05) is 23.1 Å².